The van der Waals surface area contributed by atoms with Crippen molar-refractivity contribution in [1.29, 1.82) is 0 Å². The Balaban J connectivity index is 1.44. The molecule has 6 heterocycles. The summed E-state index contributed by atoms with van der Waals surface area (Å²) in [7, 11) is 0. The SMILES string of the molecule is CCCC(=O)Nc1cncc(-c2ncc3[nH]nc(-c4nc5c(-c6ccc(F)s6)cncc5[nH]4)c3c2F)c1. The van der Waals surface area contributed by atoms with E-state index in [1.807, 2.05) is 6.92 Å². The number of thiophene rings is 1. The van der Waals surface area contributed by atoms with Gasteiger partial charge in [-0.1, -0.05) is 6.92 Å². The van der Waals surface area contributed by atoms with Gasteiger partial charge in [-0.2, -0.15) is 9.49 Å². The van der Waals surface area contributed by atoms with E-state index < -0.39 is 5.82 Å². The first-order chi connectivity index (χ1) is 18.0. The first kappa shape index (κ1) is 22.9. The van der Waals surface area contributed by atoms with Crippen LogP contribution in [0, 0.1) is 10.9 Å². The number of aromatic nitrogens is 7. The number of aromatic amines is 2. The van der Waals surface area contributed by atoms with Gasteiger partial charge < -0.3 is 10.3 Å². The third kappa shape index (κ3) is 4.10. The number of imidazole rings is 1. The third-order valence-corrected chi connectivity index (χ3v) is 6.68. The Morgan fingerprint density at radius 2 is 1.92 bits per heavy atom. The zero-order valence-electron chi connectivity index (χ0n) is 19.3. The molecule has 0 aliphatic carbocycles. The number of fused-ring (bicyclic) bond motifs is 2. The van der Waals surface area contributed by atoms with Crippen LogP contribution in [0.2, 0.25) is 0 Å². The van der Waals surface area contributed by atoms with Crippen LogP contribution in [0.15, 0.2) is 49.2 Å². The molecule has 0 spiro atoms. The molecule has 0 aliphatic rings. The monoisotopic (exact) mass is 516 g/mol. The summed E-state index contributed by atoms with van der Waals surface area (Å²) >= 11 is 0.992. The molecule has 6 rings (SSSR count). The number of pyridine rings is 3. The number of amides is 1. The highest BCUT2D eigenvalue weighted by molar-refractivity contribution is 7.14. The van der Waals surface area contributed by atoms with Gasteiger partial charge in [-0.3, -0.25) is 24.8 Å². The molecule has 0 atom stereocenters. The molecule has 6 aromatic heterocycles. The van der Waals surface area contributed by atoms with Crippen LogP contribution < -0.4 is 5.32 Å². The highest BCUT2D eigenvalue weighted by Crippen LogP contribution is 2.35. The molecule has 9 nitrogen and oxygen atoms in total. The Labute approximate surface area is 212 Å². The summed E-state index contributed by atoms with van der Waals surface area (Å²) < 4.78 is 29.6. The number of H-pyrrole nitrogens is 2. The van der Waals surface area contributed by atoms with E-state index in [4.69, 9.17) is 0 Å². The molecular weight excluding hydrogens is 498 g/mol. The summed E-state index contributed by atoms with van der Waals surface area (Å²) in [5.41, 5.74) is 3.38. The normalized spacial score (nSPS) is 11.4. The second-order valence-corrected chi connectivity index (χ2v) is 9.35. The highest BCUT2D eigenvalue weighted by Gasteiger charge is 2.22. The molecule has 0 aromatic carbocycles. The van der Waals surface area contributed by atoms with Crippen molar-refractivity contribution in [2.24, 2.45) is 0 Å². The van der Waals surface area contributed by atoms with Gasteiger partial charge in [0.05, 0.1) is 40.7 Å². The standard InChI is InChI=1S/C25H18F2N8OS/c1-2-3-19(36)31-13-6-12(7-28-8-13)22-21(27)20-15(11-30-22)34-35-24(20)25-32-16-10-29-9-14(23(16)33-25)17-4-5-18(26)37-17/h4-11H,2-3H2,1H3,(H,31,36)(H,32,33)(H,34,35). The number of hydrogen-bond acceptors (Lipinski definition) is 7. The maximum Gasteiger partial charge on any atom is 0.224 e. The van der Waals surface area contributed by atoms with Gasteiger partial charge in [0.1, 0.15) is 16.9 Å². The smallest absolute Gasteiger partial charge is 0.224 e. The second kappa shape index (κ2) is 9.13. The van der Waals surface area contributed by atoms with Crippen LogP contribution in [0.25, 0.3) is 55.2 Å². The van der Waals surface area contributed by atoms with Crippen molar-refractivity contribution in [3.05, 3.63) is 60.1 Å². The molecule has 0 unspecified atom stereocenters. The number of hydrogen-bond donors (Lipinski definition) is 3. The van der Waals surface area contributed by atoms with E-state index in [2.05, 4.69) is 40.4 Å². The number of rotatable bonds is 6. The van der Waals surface area contributed by atoms with Crippen LogP contribution in [-0.4, -0.2) is 41.0 Å². The van der Waals surface area contributed by atoms with Crippen LogP contribution >= 0.6 is 11.3 Å². The van der Waals surface area contributed by atoms with Gasteiger partial charge in [0.15, 0.2) is 16.8 Å². The topological polar surface area (TPSA) is 125 Å². The van der Waals surface area contributed by atoms with E-state index in [1.165, 1.54) is 24.7 Å². The van der Waals surface area contributed by atoms with Crippen molar-refractivity contribution in [3.8, 4) is 33.2 Å². The Hall–Kier alpha value is -4.58. The van der Waals surface area contributed by atoms with Crippen molar-refractivity contribution in [2.45, 2.75) is 19.8 Å². The molecule has 0 radical (unpaired) electrons. The quantitative estimate of drug-likeness (QED) is 0.261. The van der Waals surface area contributed by atoms with Crippen molar-refractivity contribution in [3.63, 3.8) is 0 Å². The van der Waals surface area contributed by atoms with Gasteiger partial charge >= 0.3 is 0 Å². The lowest BCUT2D eigenvalue weighted by Gasteiger charge is -2.07. The van der Waals surface area contributed by atoms with Gasteiger partial charge in [0.25, 0.3) is 0 Å². The first-order valence-electron chi connectivity index (χ1n) is 11.4. The fourth-order valence-corrected chi connectivity index (χ4v) is 4.86. The molecule has 3 N–H and O–H groups in total. The molecule has 37 heavy (non-hydrogen) atoms. The molecular formula is C25H18F2N8OS. The van der Waals surface area contributed by atoms with E-state index in [-0.39, 0.29) is 27.8 Å². The summed E-state index contributed by atoms with van der Waals surface area (Å²) in [6, 6.07) is 4.67. The van der Waals surface area contributed by atoms with Crippen LogP contribution in [0.5, 0.6) is 0 Å². The number of carbonyl (C=O) groups is 1. The fourth-order valence-electron chi connectivity index (χ4n) is 4.12. The molecule has 6 aromatic rings. The lowest BCUT2D eigenvalue weighted by molar-refractivity contribution is -0.116. The maximum atomic E-state index is 15.9. The number of nitrogens with zero attached hydrogens (tertiary/aromatic N) is 5. The molecule has 0 bridgehead atoms. The lowest BCUT2D eigenvalue weighted by atomic mass is 10.1. The van der Waals surface area contributed by atoms with Gasteiger partial charge in [-0.25, -0.2) is 9.37 Å². The van der Waals surface area contributed by atoms with Crippen LogP contribution in [0.1, 0.15) is 19.8 Å². The molecule has 0 saturated carbocycles. The van der Waals surface area contributed by atoms with Gasteiger partial charge in [0.2, 0.25) is 5.91 Å². The summed E-state index contributed by atoms with van der Waals surface area (Å²) in [6.45, 7) is 1.91. The second-order valence-electron chi connectivity index (χ2n) is 8.31. The largest absolute Gasteiger partial charge is 0.335 e. The summed E-state index contributed by atoms with van der Waals surface area (Å²) in [5.74, 6) is -0.437. The molecule has 184 valence electrons. The predicted octanol–water partition coefficient (Wildman–Crippen LogP) is 5.70. The fraction of sp³-hybridized carbons (Fsp3) is 0.120. The van der Waals surface area contributed by atoms with Crippen molar-refractivity contribution < 1.29 is 13.6 Å². The zero-order chi connectivity index (χ0) is 25.5. The summed E-state index contributed by atoms with van der Waals surface area (Å²) in [4.78, 5) is 33.1. The van der Waals surface area contributed by atoms with Crippen molar-refractivity contribution in [1.82, 2.24) is 35.1 Å². The summed E-state index contributed by atoms with van der Waals surface area (Å²) in [6.07, 6.45) is 8.75. The Bertz CT molecular complexity index is 1790. The van der Waals surface area contributed by atoms with Crippen LogP contribution in [0.3, 0.4) is 0 Å². The van der Waals surface area contributed by atoms with Crippen LogP contribution in [-0.2, 0) is 4.79 Å². The summed E-state index contributed by atoms with van der Waals surface area (Å²) in [5, 5.41) is 9.74. The highest BCUT2D eigenvalue weighted by atomic mass is 32.1. The average molecular weight is 517 g/mol. The number of halogens is 2. The average Bonchev–Trinajstić information content (AvgIpc) is 3.62. The van der Waals surface area contributed by atoms with Crippen LogP contribution in [0.4, 0.5) is 14.5 Å². The third-order valence-electron chi connectivity index (χ3n) is 5.77. The predicted molar refractivity (Wildman–Crippen MR) is 137 cm³/mol. The molecule has 0 fully saturated rings. The molecule has 0 saturated heterocycles. The number of carbonyl (C=O) groups excluding carboxylic acids is 1. The Kier molecular flexibility index (Phi) is 5.64. The van der Waals surface area contributed by atoms with E-state index in [1.54, 1.807) is 24.5 Å². The van der Waals surface area contributed by atoms with Crippen molar-refractivity contribution >= 4 is 44.9 Å². The lowest BCUT2D eigenvalue weighted by Crippen LogP contribution is -2.10. The zero-order valence-corrected chi connectivity index (χ0v) is 20.2. The van der Waals surface area contributed by atoms with E-state index >= 15 is 4.39 Å². The molecule has 0 aliphatic heterocycles. The maximum absolute atomic E-state index is 15.9. The Morgan fingerprint density at radius 3 is 2.73 bits per heavy atom. The van der Waals surface area contributed by atoms with E-state index in [0.717, 1.165) is 11.3 Å². The minimum absolute atomic E-state index is 0.0572. The number of anilines is 1. The first-order valence-corrected chi connectivity index (χ1v) is 12.2. The molecule has 1 amide bonds. The van der Waals surface area contributed by atoms with E-state index in [9.17, 15) is 9.18 Å². The van der Waals surface area contributed by atoms with E-state index in [0.29, 0.717) is 56.9 Å². The van der Waals surface area contributed by atoms with Gasteiger partial charge in [0, 0.05) is 34.8 Å². The van der Waals surface area contributed by atoms with Gasteiger partial charge in [-0.15, -0.1) is 11.3 Å². The Morgan fingerprint density at radius 1 is 1.05 bits per heavy atom. The minimum Gasteiger partial charge on any atom is -0.335 e. The molecule has 12 heteroatoms. The minimum atomic E-state index is -0.612. The number of nitrogens with one attached hydrogen (secondary N) is 3. The van der Waals surface area contributed by atoms with Crippen molar-refractivity contribution in [2.75, 3.05) is 5.32 Å². The van der Waals surface area contributed by atoms with Gasteiger partial charge in [-0.05, 0) is 24.6 Å².